The fourth-order valence-electron chi connectivity index (χ4n) is 3.82. The summed E-state index contributed by atoms with van der Waals surface area (Å²) >= 11 is 5.92. The smallest absolute Gasteiger partial charge is 0.243 e. The summed E-state index contributed by atoms with van der Waals surface area (Å²) in [5, 5.41) is 3.57. The van der Waals surface area contributed by atoms with Crippen molar-refractivity contribution >= 4 is 23.4 Å². The second-order valence-electron chi connectivity index (χ2n) is 8.51. The van der Waals surface area contributed by atoms with Crippen LogP contribution in [0.5, 0.6) is 5.75 Å². The van der Waals surface area contributed by atoms with E-state index in [2.05, 4.69) is 5.32 Å². The van der Waals surface area contributed by atoms with Crippen LogP contribution in [-0.2, 0) is 22.6 Å². The number of amides is 2. The molecule has 0 bridgehead atoms. The lowest BCUT2D eigenvalue weighted by molar-refractivity contribution is -0.141. The molecule has 1 N–H and O–H groups in total. The van der Waals surface area contributed by atoms with Gasteiger partial charge in [0, 0.05) is 31.0 Å². The molecule has 3 aromatic rings. The Morgan fingerprint density at radius 2 is 1.63 bits per heavy atom. The summed E-state index contributed by atoms with van der Waals surface area (Å²) in [5.74, 6) is 0.495. The number of nitrogens with one attached hydrogen (secondary N) is 1. The van der Waals surface area contributed by atoms with E-state index in [4.69, 9.17) is 16.3 Å². The number of nitrogens with zero attached hydrogens (tertiary/aromatic N) is 1. The van der Waals surface area contributed by atoms with Gasteiger partial charge in [0.05, 0.1) is 6.61 Å². The van der Waals surface area contributed by atoms with E-state index in [0.29, 0.717) is 43.3 Å². The van der Waals surface area contributed by atoms with E-state index >= 15 is 0 Å². The van der Waals surface area contributed by atoms with Crippen molar-refractivity contribution in [1.29, 1.82) is 0 Å². The number of likely N-dealkylation sites (N-methyl/N-ethyl adjacent to an activating group) is 1. The third kappa shape index (κ3) is 8.45. The molecule has 6 heteroatoms. The molecule has 0 spiro atoms. The van der Waals surface area contributed by atoms with Crippen LogP contribution in [-0.4, -0.2) is 35.9 Å². The lowest BCUT2D eigenvalue weighted by Gasteiger charge is -2.31. The first kappa shape index (κ1) is 26.3. The molecule has 0 saturated heterocycles. The van der Waals surface area contributed by atoms with Gasteiger partial charge in [-0.15, -0.1) is 0 Å². The summed E-state index contributed by atoms with van der Waals surface area (Å²) in [7, 11) is 0. The van der Waals surface area contributed by atoms with Crippen LogP contribution in [0.2, 0.25) is 5.02 Å². The zero-order valence-electron chi connectivity index (χ0n) is 20.4. The normalized spacial score (nSPS) is 11.5. The lowest BCUT2D eigenvalue weighted by atomic mass is 10.0. The van der Waals surface area contributed by atoms with Crippen LogP contribution in [0.1, 0.15) is 36.5 Å². The van der Waals surface area contributed by atoms with Crippen molar-refractivity contribution in [3.63, 3.8) is 0 Å². The molecule has 1 atom stereocenters. The highest BCUT2D eigenvalue weighted by atomic mass is 35.5. The summed E-state index contributed by atoms with van der Waals surface area (Å²) < 4.78 is 5.76. The van der Waals surface area contributed by atoms with Crippen LogP contribution in [0.15, 0.2) is 78.9 Å². The molecule has 5 nitrogen and oxygen atoms in total. The highest BCUT2D eigenvalue weighted by Gasteiger charge is 2.29. The average molecular weight is 493 g/mol. The van der Waals surface area contributed by atoms with Crippen molar-refractivity contribution in [2.24, 2.45) is 0 Å². The van der Waals surface area contributed by atoms with Crippen LogP contribution < -0.4 is 10.1 Å². The van der Waals surface area contributed by atoms with Gasteiger partial charge in [-0.2, -0.15) is 0 Å². The Morgan fingerprint density at radius 1 is 0.943 bits per heavy atom. The summed E-state index contributed by atoms with van der Waals surface area (Å²) in [4.78, 5) is 28.3. The maximum Gasteiger partial charge on any atom is 0.243 e. The van der Waals surface area contributed by atoms with E-state index in [-0.39, 0.29) is 18.2 Å². The monoisotopic (exact) mass is 492 g/mol. The number of hydrogen-bond donors (Lipinski definition) is 1. The topological polar surface area (TPSA) is 58.6 Å². The third-order valence-electron chi connectivity index (χ3n) is 5.71. The second-order valence-corrected chi connectivity index (χ2v) is 8.95. The van der Waals surface area contributed by atoms with Crippen LogP contribution in [0.4, 0.5) is 0 Å². The standard InChI is InChI=1S/C29H33ClN2O3/c1-3-31-29(34)27(20-23-8-5-4-6-9-23)32(21-24-13-11-22(2)12-14-24)28(33)10-7-19-35-26-17-15-25(30)16-18-26/h4-6,8-9,11-18,27H,3,7,10,19-21H2,1-2H3,(H,31,34)/t27-/m1/s1. The van der Waals surface area contributed by atoms with Gasteiger partial charge in [0.15, 0.2) is 0 Å². The highest BCUT2D eigenvalue weighted by molar-refractivity contribution is 6.30. The largest absolute Gasteiger partial charge is 0.494 e. The molecule has 0 aromatic heterocycles. The molecule has 0 aliphatic carbocycles. The van der Waals surface area contributed by atoms with E-state index in [1.54, 1.807) is 29.2 Å². The molecule has 0 aliphatic rings. The first-order chi connectivity index (χ1) is 17.0. The SMILES string of the molecule is CCNC(=O)[C@@H](Cc1ccccc1)N(Cc1ccc(C)cc1)C(=O)CCCOc1ccc(Cl)cc1. The molecule has 0 fully saturated rings. The van der Waals surface area contributed by atoms with E-state index in [1.807, 2.05) is 68.4 Å². The molecular formula is C29H33ClN2O3. The number of carbonyl (C=O) groups excluding carboxylic acids is 2. The molecule has 0 heterocycles. The lowest BCUT2D eigenvalue weighted by Crippen LogP contribution is -2.50. The van der Waals surface area contributed by atoms with Crippen molar-refractivity contribution in [3.05, 3.63) is 101 Å². The van der Waals surface area contributed by atoms with Gasteiger partial charge < -0.3 is 15.0 Å². The van der Waals surface area contributed by atoms with Crippen molar-refractivity contribution in [2.75, 3.05) is 13.2 Å². The minimum Gasteiger partial charge on any atom is -0.494 e. The van der Waals surface area contributed by atoms with Crippen LogP contribution in [0.3, 0.4) is 0 Å². The number of rotatable bonds is 12. The van der Waals surface area contributed by atoms with Gasteiger partial charge in [-0.25, -0.2) is 0 Å². The van der Waals surface area contributed by atoms with Gasteiger partial charge in [-0.1, -0.05) is 71.8 Å². The highest BCUT2D eigenvalue weighted by Crippen LogP contribution is 2.18. The number of benzene rings is 3. The second kappa shape index (κ2) is 13.5. The molecular weight excluding hydrogens is 460 g/mol. The van der Waals surface area contributed by atoms with E-state index in [9.17, 15) is 9.59 Å². The Bertz CT molecular complexity index is 1070. The van der Waals surface area contributed by atoms with Gasteiger partial charge >= 0.3 is 0 Å². The summed E-state index contributed by atoms with van der Waals surface area (Å²) in [6.07, 6.45) is 1.27. The van der Waals surface area contributed by atoms with Crippen LogP contribution in [0, 0.1) is 6.92 Å². The van der Waals surface area contributed by atoms with E-state index in [0.717, 1.165) is 16.7 Å². The van der Waals surface area contributed by atoms with Crippen molar-refractivity contribution in [3.8, 4) is 5.75 Å². The zero-order chi connectivity index (χ0) is 25.0. The fraction of sp³-hybridized carbons (Fsp3) is 0.310. The maximum atomic E-state index is 13.5. The molecule has 3 aromatic carbocycles. The Labute approximate surface area is 213 Å². The Balaban J connectivity index is 1.75. The first-order valence-electron chi connectivity index (χ1n) is 12.0. The summed E-state index contributed by atoms with van der Waals surface area (Å²) in [5.41, 5.74) is 3.15. The minimum absolute atomic E-state index is 0.0718. The Morgan fingerprint density at radius 3 is 2.29 bits per heavy atom. The number of hydrogen-bond acceptors (Lipinski definition) is 3. The van der Waals surface area contributed by atoms with E-state index < -0.39 is 6.04 Å². The number of halogens is 1. The Kier molecular flexibility index (Phi) is 10.2. The molecule has 0 radical (unpaired) electrons. The van der Waals surface area contributed by atoms with E-state index in [1.165, 1.54) is 0 Å². The van der Waals surface area contributed by atoms with Gasteiger partial charge in [0.2, 0.25) is 11.8 Å². The molecule has 0 unspecified atom stereocenters. The predicted molar refractivity (Wildman–Crippen MR) is 141 cm³/mol. The number of carbonyl (C=O) groups is 2. The molecule has 0 saturated carbocycles. The molecule has 184 valence electrons. The fourth-order valence-corrected chi connectivity index (χ4v) is 3.95. The molecule has 0 aliphatic heterocycles. The summed E-state index contributed by atoms with van der Waals surface area (Å²) in [6, 6.07) is 24.4. The first-order valence-corrected chi connectivity index (χ1v) is 12.4. The summed E-state index contributed by atoms with van der Waals surface area (Å²) in [6.45, 7) is 5.19. The van der Waals surface area contributed by atoms with Gasteiger partial charge in [-0.3, -0.25) is 9.59 Å². The van der Waals surface area contributed by atoms with Gasteiger partial charge in [-0.05, 0) is 55.7 Å². The zero-order valence-corrected chi connectivity index (χ0v) is 21.1. The van der Waals surface area contributed by atoms with Crippen LogP contribution in [0.25, 0.3) is 0 Å². The van der Waals surface area contributed by atoms with Crippen molar-refractivity contribution in [2.45, 2.75) is 45.7 Å². The average Bonchev–Trinajstić information content (AvgIpc) is 2.87. The number of ether oxygens (including phenoxy) is 1. The molecule has 2 amide bonds. The predicted octanol–water partition coefficient (Wildman–Crippen LogP) is 5.58. The van der Waals surface area contributed by atoms with Crippen molar-refractivity contribution < 1.29 is 14.3 Å². The molecule has 35 heavy (non-hydrogen) atoms. The van der Waals surface area contributed by atoms with Gasteiger partial charge in [0.1, 0.15) is 11.8 Å². The minimum atomic E-state index is -0.608. The maximum absolute atomic E-state index is 13.5. The molecule has 3 rings (SSSR count). The van der Waals surface area contributed by atoms with Crippen LogP contribution >= 0.6 is 11.6 Å². The Hall–Kier alpha value is -3.31. The van der Waals surface area contributed by atoms with Crippen molar-refractivity contribution in [1.82, 2.24) is 10.2 Å². The number of aryl methyl sites for hydroxylation is 1. The quantitative estimate of drug-likeness (QED) is 0.335. The van der Waals surface area contributed by atoms with Gasteiger partial charge in [0.25, 0.3) is 0 Å². The third-order valence-corrected chi connectivity index (χ3v) is 5.96.